The Balaban J connectivity index is 1.46. The van der Waals surface area contributed by atoms with Crippen LogP contribution in [0.4, 0.5) is 17.1 Å². The van der Waals surface area contributed by atoms with Gasteiger partial charge in [-0.3, -0.25) is 4.79 Å². The molecule has 0 bridgehead atoms. The summed E-state index contributed by atoms with van der Waals surface area (Å²) in [6.07, 6.45) is -0.865. The van der Waals surface area contributed by atoms with Crippen molar-refractivity contribution in [3.8, 4) is 0 Å². The number of carbonyl (C=O) groups is 1. The largest absolute Gasteiger partial charge is 0.466 e. The fourth-order valence-corrected chi connectivity index (χ4v) is 7.63. The number of para-hydroxylation sites is 1. The summed E-state index contributed by atoms with van der Waals surface area (Å²) in [6.45, 7) is 8.43. The van der Waals surface area contributed by atoms with Gasteiger partial charge in [-0.1, -0.05) is 140 Å². The average molecular weight is 714 g/mol. The standard InChI is InChI=1S/C49H47NO4/c1-5-53-48(51)33(3)35-25-27-38(28-26-35)45(37-17-9-7-10-18-37)46-41-21-13-15-23-43(41)47(44-24-16-14-22-42(44)46)50(39-19-11-8-12-20-39)40-31-29-36(30-32-40)34(4)49(52)54-6-2/h7-34,45,48,51H,5-6H2,1-4H3. The third kappa shape index (κ3) is 7.25. The molecule has 0 aromatic heterocycles. The first-order chi connectivity index (χ1) is 26.4. The van der Waals surface area contributed by atoms with Crippen molar-refractivity contribution in [2.75, 3.05) is 18.1 Å². The van der Waals surface area contributed by atoms with Gasteiger partial charge in [0.25, 0.3) is 0 Å². The van der Waals surface area contributed by atoms with Crippen LogP contribution in [0.3, 0.4) is 0 Å². The van der Waals surface area contributed by atoms with E-state index in [9.17, 15) is 9.90 Å². The topological polar surface area (TPSA) is 59.0 Å². The summed E-state index contributed by atoms with van der Waals surface area (Å²) >= 11 is 0. The second-order valence-corrected chi connectivity index (χ2v) is 13.7. The molecule has 0 amide bonds. The highest BCUT2D eigenvalue weighted by molar-refractivity contribution is 6.17. The molecule has 0 aliphatic rings. The first-order valence-electron chi connectivity index (χ1n) is 18.9. The summed E-state index contributed by atoms with van der Waals surface area (Å²) in [6, 6.07) is 55.6. The lowest BCUT2D eigenvalue weighted by Crippen LogP contribution is -2.19. The number of nitrogens with zero attached hydrogens (tertiary/aromatic N) is 1. The van der Waals surface area contributed by atoms with Gasteiger partial charge < -0.3 is 19.5 Å². The number of hydrogen-bond acceptors (Lipinski definition) is 5. The maximum atomic E-state index is 12.6. The van der Waals surface area contributed by atoms with E-state index in [1.165, 1.54) is 11.1 Å². The number of carbonyl (C=O) groups excluding carboxylic acids is 1. The molecule has 4 atom stereocenters. The van der Waals surface area contributed by atoms with Crippen molar-refractivity contribution < 1.29 is 19.4 Å². The van der Waals surface area contributed by atoms with E-state index >= 15 is 0 Å². The van der Waals surface area contributed by atoms with Gasteiger partial charge >= 0.3 is 5.97 Å². The van der Waals surface area contributed by atoms with Crippen LogP contribution in [-0.4, -0.2) is 30.6 Å². The second-order valence-electron chi connectivity index (χ2n) is 13.7. The predicted octanol–water partition coefficient (Wildman–Crippen LogP) is 11.8. The number of fused-ring (bicyclic) bond motifs is 2. The van der Waals surface area contributed by atoms with E-state index in [-0.39, 0.29) is 23.7 Å². The van der Waals surface area contributed by atoms with Crippen LogP contribution in [0.15, 0.2) is 158 Å². The second kappa shape index (κ2) is 16.5. The molecule has 5 heteroatoms. The number of aliphatic hydroxyl groups is 1. The molecule has 1 N–H and O–H groups in total. The summed E-state index contributed by atoms with van der Waals surface area (Å²) in [5, 5.41) is 15.2. The Morgan fingerprint density at radius 3 is 1.57 bits per heavy atom. The Morgan fingerprint density at radius 1 is 0.556 bits per heavy atom. The summed E-state index contributed by atoms with van der Waals surface area (Å²) in [5.41, 5.74) is 8.64. The van der Waals surface area contributed by atoms with E-state index in [0.29, 0.717) is 13.2 Å². The number of aliphatic hydroxyl groups excluding tert-OH is 1. The van der Waals surface area contributed by atoms with Crippen LogP contribution in [0.5, 0.6) is 0 Å². The smallest absolute Gasteiger partial charge is 0.313 e. The van der Waals surface area contributed by atoms with E-state index in [4.69, 9.17) is 9.47 Å². The Hall–Kier alpha value is -5.75. The van der Waals surface area contributed by atoms with Crippen LogP contribution in [0.1, 0.15) is 73.3 Å². The minimum absolute atomic E-state index is 0.0787. The molecule has 0 heterocycles. The average Bonchev–Trinajstić information content (AvgIpc) is 3.22. The number of rotatable bonds is 13. The molecule has 0 aliphatic heterocycles. The molecule has 0 fully saturated rings. The molecule has 7 aromatic rings. The van der Waals surface area contributed by atoms with E-state index in [1.54, 1.807) is 0 Å². The zero-order valence-corrected chi connectivity index (χ0v) is 31.4. The van der Waals surface area contributed by atoms with Gasteiger partial charge in [0, 0.05) is 40.6 Å². The highest BCUT2D eigenvalue weighted by atomic mass is 16.6. The minimum atomic E-state index is -0.865. The van der Waals surface area contributed by atoms with Gasteiger partial charge in [0.15, 0.2) is 6.29 Å². The zero-order chi connectivity index (χ0) is 37.6. The van der Waals surface area contributed by atoms with Gasteiger partial charge in [0.05, 0.1) is 18.2 Å². The molecule has 0 saturated heterocycles. The van der Waals surface area contributed by atoms with Crippen molar-refractivity contribution in [2.45, 2.75) is 51.7 Å². The molecule has 7 rings (SSSR count). The molecule has 7 aromatic carbocycles. The molecular formula is C49H47NO4. The number of hydrogen-bond donors (Lipinski definition) is 1. The normalized spacial score (nSPS) is 13.6. The predicted molar refractivity (Wildman–Crippen MR) is 221 cm³/mol. The summed E-state index contributed by atoms with van der Waals surface area (Å²) in [5.74, 6) is -0.836. The van der Waals surface area contributed by atoms with Crippen LogP contribution < -0.4 is 4.90 Å². The maximum absolute atomic E-state index is 12.6. The van der Waals surface area contributed by atoms with Crippen molar-refractivity contribution in [2.24, 2.45) is 0 Å². The number of anilines is 3. The van der Waals surface area contributed by atoms with Gasteiger partial charge in [0.1, 0.15) is 0 Å². The summed E-state index contributed by atoms with van der Waals surface area (Å²) in [7, 11) is 0. The van der Waals surface area contributed by atoms with Crippen LogP contribution in [-0.2, 0) is 14.3 Å². The first kappa shape index (κ1) is 36.6. The van der Waals surface area contributed by atoms with Gasteiger partial charge in [-0.05, 0) is 83.6 Å². The van der Waals surface area contributed by atoms with E-state index in [0.717, 1.165) is 55.3 Å². The SMILES string of the molecule is CCOC(=O)C(C)c1ccc(N(c2ccccc2)c2c3ccccc3c(C(c3ccccc3)c3ccc(C(C)C(O)OCC)cc3)c3ccccc23)cc1. The Morgan fingerprint density at radius 2 is 1.02 bits per heavy atom. The van der Waals surface area contributed by atoms with E-state index in [2.05, 4.69) is 144 Å². The number of benzene rings is 7. The van der Waals surface area contributed by atoms with Crippen molar-refractivity contribution in [1.82, 2.24) is 0 Å². The first-order valence-corrected chi connectivity index (χ1v) is 18.9. The minimum Gasteiger partial charge on any atom is -0.466 e. The van der Waals surface area contributed by atoms with Gasteiger partial charge in [-0.25, -0.2) is 0 Å². The molecule has 272 valence electrons. The Kier molecular flexibility index (Phi) is 11.2. The third-order valence-corrected chi connectivity index (χ3v) is 10.5. The number of esters is 1. The highest BCUT2D eigenvalue weighted by Crippen LogP contribution is 2.49. The van der Waals surface area contributed by atoms with E-state index in [1.807, 2.05) is 45.9 Å². The lowest BCUT2D eigenvalue weighted by Gasteiger charge is -2.31. The van der Waals surface area contributed by atoms with Gasteiger partial charge in [-0.15, -0.1) is 0 Å². The van der Waals surface area contributed by atoms with Crippen LogP contribution >= 0.6 is 0 Å². The van der Waals surface area contributed by atoms with Crippen molar-refractivity contribution in [3.05, 3.63) is 186 Å². The van der Waals surface area contributed by atoms with E-state index < -0.39 is 6.29 Å². The van der Waals surface area contributed by atoms with Crippen molar-refractivity contribution in [1.29, 1.82) is 0 Å². The number of ether oxygens (including phenoxy) is 2. The van der Waals surface area contributed by atoms with Crippen LogP contribution in [0, 0.1) is 0 Å². The quantitative estimate of drug-likeness (QED) is 0.0558. The molecule has 54 heavy (non-hydrogen) atoms. The summed E-state index contributed by atoms with van der Waals surface area (Å²) in [4.78, 5) is 15.0. The fourth-order valence-electron chi connectivity index (χ4n) is 7.63. The van der Waals surface area contributed by atoms with Crippen molar-refractivity contribution in [3.63, 3.8) is 0 Å². The van der Waals surface area contributed by atoms with Gasteiger partial charge in [-0.2, -0.15) is 0 Å². The summed E-state index contributed by atoms with van der Waals surface area (Å²) < 4.78 is 10.9. The molecule has 0 aliphatic carbocycles. The van der Waals surface area contributed by atoms with Crippen LogP contribution in [0.25, 0.3) is 21.5 Å². The monoisotopic (exact) mass is 713 g/mol. The maximum Gasteiger partial charge on any atom is 0.313 e. The lowest BCUT2D eigenvalue weighted by molar-refractivity contribution is -0.144. The third-order valence-electron chi connectivity index (χ3n) is 10.5. The lowest BCUT2D eigenvalue weighted by atomic mass is 9.79. The van der Waals surface area contributed by atoms with Crippen LogP contribution in [0.2, 0.25) is 0 Å². The van der Waals surface area contributed by atoms with Crippen molar-refractivity contribution >= 4 is 44.6 Å². The molecule has 0 radical (unpaired) electrons. The molecule has 5 nitrogen and oxygen atoms in total. The van der Waals surface area contributed by atoms with Gasteiger partial charge in [0.2, 0.25) is 0 Å². The molecule has 4 unspecified atom stereocenters. The fraction of sp³-hybridized carbons (Fsp3) is 0.204. The Bertz CT molecular complexity index is 2260. The molecule has 0 saturated carbocycles. The molecule has 0 spiro atoms. The molecular weight excluding hydrogens is 667 g/mol. The Labute approximate surface area is 318 Å². The highest BCUT2D eigenvalue weighted by Gasteiger charge is 2.27. The zero-order valence-electron chi connectivity index (χ0n) is 31.4.